The van der Waals surface area contributed by atoms with Gasteiger partial charge in [-0.3, -0.25) is 9.59 Å². The van der Waals surface area contributed by atoms with E-state index in [1.807, 2.05) is 40.6 Å². The fraction of sp³-hybridized carbons (Fsp3) is 0.269. The van der Waals surface area contributed by atoms with Crippen LogP contribution in [0.1, 0.15) is 15.2 Å². The molecule has 5 rings (SSSR count). The van der Waals surface area contributed by atoms with E-state index in [2.05, 4.69) is 11.4 Å². The van der Waals surface area contributed by atoms with E-state index in [-0.39, 0.29) is 11.5 Å². The second-order valence-electron chi connectivity index (χ2n) is 8.17. The average molecular weight is 491 g/mol. The van der Waals surface area contributed by atoms with E-state index >= 15 is 0 Å². The monoisotopic (exact) mass is 490 g/mol. The zero-order chi connectivity index (χ0) is 24.2. The summed E-state index contributed by atoms with van der Waals surface area (Å²) in [6, 6.07) is 16.5. The molecule has 1 fully saturated rings. The van der Waals surface area contributed by atoms with Gasteiger partial charge in [-0.25, -0.2) is 9.55 Å². The van der Waals surface area contributed by atoms with Crippen molar-refractivity contribution in [2.24, 2.45) is 0 Å². The first-order chi connectivity index (χ1) is 17.1. The molecular weight excluding hydrogens is 464 g/mol. The van der Waals surface area contributed by atoms with Gasteiger partial charge in [0.2, 0.25) is 5.95 Å². The third kappa shape index (κ3) is 4.91. The third-order valence-electron chi connectivity index (χ3n) is 5.96. The zero-order valence-electron chi connectivity index (χ0n) is 19.4. The molecule has 2 aromatic carbocycles. The van der Waals surface area contributed by atoms with E-state index in [0.29, 0.717) is 66.7 Å². The molecule has 2 aromatic heterocycles. The standard InChI is InChI=1S/C26H26N4O4S/c1-33-20-5-2-4-19(17-20)30-25(32)22-8-7-18(24(31)27-10-9-21-6-3-15-35-21)16-23(22)28-26(30)29-11-13-34-14-12-29/h2-8,15-17H,9-14H2,1H3,(H,27,31). The highest BCUT2D eigenvalue weighted by Crippen LogP contribution is 2.23. The minimum atomic E-state index is -0.200. The molecule has 1 amide bonds. The lowest BCUT2D eigenvalue weighted by Gasteiger charge is -2.30. The van der Waals surface area contributed by atoms with Gasteiger partial charge in [0.25, 0.3) is 11.5 Å². The molecule has 4 aromatic rings. The van der Waals surface area contributed by atoms with Gasteiger partial charge < -0.3 is 19.7 Å². The normalized spacial score (nSPS) is 13.7. The number of anilines is 1. The number of morpholine rings is 1. The van der Waals surface area contributed by atoms with Crippen molar-refractivity contribution in [1.82, 2.24) is 14.9 Å². The Morgan fingerprint density at radius 2 is 2.00 bits per heavy atom. The number of amides is 1. The highest BCUT2D eigenvalue weighted by molar-refractivity contribution is 7.09. The molecule has 0 aliphatic carbocycles. The molecule has 0 unspecified atom stereocenters. The topological polar surface area (TPSA) is 85.7 Å². The van der Waals surface area contributed by atoms with Gasteiger partial charge in [-0.1, -0.05) is 12.1 Å². The molecule has 3 heterocycles. The van der Waals surface area contributed by atoms with Crippen LogP contribution < -0.4 is 20.5 Å². The van der Waals surface area contributed by atoms with Crippen molar-refractivity contribution in [3.05, 3.63) is 80.8 Å². The van der Waals surface area contributed by atoms with Crippen molar-refractivity contribution in [2.45, 2.75) is 6.42 Å². The van der Waals surface area contributed by atoms with Crippen LogP contribution in [0.3, 0.4) is 0 Å². The van der Waals surface area contributed by atoms with Gasteiger partial charge in [0.05, 0.1) is 36.9 Å². The molecule has 0 bridgehead atoms. The number of hydrogen-bond acceptors (Lipinski definition) is 7. The molecule has 1 saturated heterocycles. The Kier molecular flexibility index (Phi) is 6.78. The Morgan fingerprint density at radius 1 is 1.14 bits per heavy atom. The fourth-order valence-corrected chi connectivity index (χ4v) is 4.84. The van der Waals surface area contributed by atoms with Gasteiger partial charge in [0.1, 0.15) is 5.75 Å². The van der Waals surface area contributed by atoms with E-state index < -0.39 is 0 Å². The second kappa shape index (κ2) is 10.3. The molecular formula is C26H26N4O4S. The first-order valence-corrected chi connectivity index (χ1v) is 12.4. The van der Waals surface area contributed by atoms with Crippen molar-refractivity contribution < 1.29 is 14.3 Å². The number of fused-ring (bicyclic) bond motifs is 1. The van der Waals surface area contributed by atoms with Crippen molar-refractivity contribution in [3.63, 3.8) is 0 Å². The summed E-state index contributed by atoms with van der Waals surface area (Å²) < 4.78 is 12.5. The average Bonchev–Trinajstić information content (AvgIpc) is 3.42. The minimum absolute atomic E-state index is 0.185. The highest BCUT2D eigenvalue weighted by atomic mass is 32.1. The number of rotatable bonds is 7. The summed E-state index contributed by atoms with van der Waals surface area (Å²) in [5.41, 5.74) is 1.43. The van der Waals surface area contributed by atoms with E-state index in [1.54, 1.807) is 41.2 Å². The molecule has 180 valence electrons. The smallest absolute Gasteiger partial charge is 0.267 e. The van der Waals surface area contributed by atoms with Crippen LogP contribution in [0.5, 0.6) is 5.75 Å². The lowest BCUT2D eigenvalue weighted by molar-refractivity contribution is 0.0954. The number of benzene rings is 2. The highest BCUT2D eigenvalue weighted by Gasteiger charge is 2.21. The summed E-state index contributed by atoms with van der Waals surface area (Å²) in [4.78, 5) is 34.6. The van der Waals surface area contributed by atoms with Crippen molar-refractivity contribution in [3.8, 4) is 11.4 Å². The second-order valence-corrected chi connectivity index (χ2v) is 9.20. The van der Waals surface area contributed by atoms with Crippen LogP contribution in [-0.4, -0.2) is 55.4 Å². The first-order valence-electron chi connectivity index (χ1n) is 11.5. The van der Waals surface area contributed by atoms with E-state index in [0.717, 1.165) is 6.42 Å². The molecule has 9 heteroatoms. The number of nitrogens with zero attached hydrogens (tertiary/aromatic N) is 3. The number of carbonyl (C=O) groups is 1. The predicted molar refractivity (Wildman–Crippen MR) is 137 cm³/mol. The van der Waals surface area contributed by atoms with Gasteiger partial charge >= 0.3 is 0 Å². The molecule has 35 heavy (non-hydrogen) atoms. The van der Waals surface area contributed by atoms with Crippen LogP contribution in [0.4, 0.5) is 5.95 Å². The zero-order valence-corrected chi connectivity index (χ0v) is 20.2. The molecule has 1 aliphatic rings. The minimum Gasteiger partial charge on any atom is -0.497 e. The number of carbonyl (C=O) groups excluding carboxylic acids is 1. The largest absolute Gasteiger partial charge is 0.497 e. The quantitative estimate of drug-likeness (QED) is 0.428. The molecule has 0 radical (unpaired) electrons. The molecule has 1 aliphatic heterocycles. The molecule has 0 atom stereocenters. The number of aromatic nitrogens is 2. The van der Waals surface area contributed by atoms with Crippen molar-refractivity contribution >= 4 is 34.1 Å². The Labute approximate surface area is 206 Å². The maximum absolute atomic E-state index is 13.7. The van der Waals surface area contributed by atoms with E-state index in [9.17, 15) is 9.59 Å². The van der Waals surface area contributed by atoms with Gasteiger partial charge in [-0.05, 0) is 48.2 Å². The lowest BCUT2D eigenvalue weighted by atomic mass is 10.1. The van der Waals surface area contributed by atoms with Crippen LogP contribution in [-0.2, 0) is 11.2 Å². The number of hydrogen-bond donors (Lipinski definition) is 1. The van der Waals surface area contributed by atoms with Crippen molar-refractivity contribution in [1.29, 1.82) is 0 Å². The number of ether oxygens (including phenoxy) is 2. The van der Waals surface area contributed by atoms with Gasteiger partial charge in [-0.2, -0.15) is 0 Å². The summed E-state index contributed by atoms with van der Waals surface area (Å²) in [6.45, 7) is 2.88. The van der Waals surface area contributed by atoms with E-state index in [1.165, 1.54) is 4.88 Å². The van der Waals surface area contributed by atoms with Crippen molar-refractivity contribution in [2.75, 3.05) is 44.9 Å². The first kappa shape index (κ1) is 23.1. The molecule has 0 spiro atoms. The summed E-state index contributed by atoms with van der Waals surface area (Å²) in [7, 11) is 1.59. The van der Waals surface area contributed by atoms with Crippen LogP contribution >= 0.6 is 11.3 Å². The third-order valence-corrected chi connectivity index (χ3v) is 6.89. The summed E-state index contributed by atoms with van der Waals surface area (Å²) >= 11 is 1.67. The van der Waals surface area contributed by atoms with Crippen LogP contribution in [0.15, 0.2) is 64.8 Å². The fourth-order valence-electron chi connectivity index (χ4n) is 4.13. The summed E-state index contributed by atoms with van der Waals surface area (Å²) in [5.74, 6) is 0.987. The number of nitrogens with one attached hydrogen (secondary N) is 1. The van der Waals surface area contributed by atoms with E-state index in [4.69, 9.17) is 14.5 Å². The number of methoxy groups -OCH3 is 1. The van der Waals surface area contributed by atoms with Gasteiger partial charge in [0.15, 0.2) is 0 Å². The SMILES string of the molecule is COc1cccc(-n2c(N3CCOCC3)nc3cc(C(=O)NCCc4cccs4)ccc3c2=O)c1. The Balaban J connectivity index is 1.52. The molecule has 1 N–H and O–H groups in total. The predicted octanol–water partition coefficient (Wildman–Crippen LogP) is 3.26. The number of thiophene rings is 1. The Morgan fingerprint density at radius 3 is 2.77 bits per heavy atom. The molecule has 0 saturated carbocycles. The maximum atomic E-state index is 13.7. The summed E-state index contributed by atoms with van der Waals surface area (Å²) in [5, 5.41) is 5.43. The Hall–Kier alpha value is -3.69. The summed E-state index contributed by atoms with van der Waals surface area (Å²) in [6.07, 6.45) is 0.779. The molecule has 8 nitrogen and oxygen atoms in total. The van der Waals surface area contributed by atoms with Crippen LogP contribution in [0.2, 0.25) is 0 Å². The van der Waals surface area contributed by atoms with Crippen LogP contribution in [0, 0.1) is 0 Å². The van der Waals surface area contributed by atoms with Crippen LogP contribution in [0.25, 0.3) is 16.6 Å². The van der Waals surface area contributed by atoms with Gasteiger partial charge in [-0.15, -0.1) is 11.3 Å². The Bertz CT molecular complexity index is 1390. The lowest BCUT2D eigenvalue weighted by Crippen LogP contribution is -2.40. The maximum Gasteiger partial charge on any atom is 0.267 e. The van der Waals surface area contributed by atoms with Gasteiger partial charge in [0, 0.05) is 36.1 Å².